The van der Waals surface area contributed by atoms with Gasteiger partial charge in [0.05, 0.1) is 22.8 Å². The van der Waals surface area contributed by atoms with Crippen LogP contribution in [0.4, 0.5) is 19.1 Å². The van der Waals surface area contributed by atoms with Crippen molar-refractivity contribution in [3.05, 3.63) is 56.0 Å². The summed E-state index contributed by atoms with van der Waals surface area (Å²) in [5, 5.41) is 5.73. The molecule has 4 rings (SSSR count). The van der Waals surface area contributed by atoms with Crippen LogP contribution in [0.15, 0.2) is 23.0 Å². The smallest absolute Gasteiger partial charge is 0.354 e. The van der Waals surface area contributed by atoms with Crippen molar-refractivity contribution < 1.29 is 22.8 Å². The molecule has 12 heteroatoms. The summed E-state index contributed by atoms with van der Waals surface area (Å²) in [6, 6.07) is 2.64. The number of fused-ring (bicyclic) bond motifs is 1. The predicted octanol–water partition coefficient (Wildman–Crippen LogP) is 4.94. The highest BCUT2D eigenvalue weighted by atomic mass is 35.5. The number of hydrogen-bond donors (Lipinski definition) is 2. The number of anilines is 1. The molecule has 8 nitrogen and oxygen atoms in total. The number of hydrogen-bond acceptors (Lipinski definition) is 5. The standard InChI is InChI=1S/C27H33ClF3N5O3/c1-14(2)32-26-34-23-13-35(24(38)17-5-10-22(28)21(12-17)27(29,30)31)15(3)11-20(23)25(39)36(26)19-8-6-18(7-9-19)33-16(4)37/h5,10,12,14-15,18-19H,6-9,11,13H2,1-4H3,(H,32,34)(H,33,37)/t15-,18?,19?/m1/s1. The Bertz CT molecular complexity index is 1320. The number of alkyl halides is 3. The average molecular weight is 568 g/mol. The van der Waals surface area contributed by atoms with E-state index in [2.05, 4.69) is 10.6 Å². The van der Waals surface area contributed by atoms with Crippen LogP contribution in [0.1, 0.15) is 86.6 Å². The van der Waals surface area contributed by atoms with Crippen LogP contribution in [-0.2, 0) is 23.9 Å². The molecule has 1 saturated carbocycles. The number of benzene rings is 1. The summed E-state index contributed by atoms with van der Waals surface area (Å²) in [5.74, 6) is -0.255. The number of nitrogens with one attached hydrogen (secondary N) is 2. The van der Waals surface area contributed by atoms with E-state index in [1.54, 1.807) is 11.5 Å². The Labute approximate surface area is 229 Å². The van der Waals surface area contributed by atoms with E-state index in [9.17, 15) is 27.6 Å². The van der Waals surface area contributed by atoms with Crippen LogP contribution in [0, 0.1) is 0 Å². The van der Waals surface area contributed by atoms with E-state index in [0.717, 1.165) is 25.0 Å². The molecule has 1 aliphatic heterocycles. The van der Waals surface area contributed by atoms with Crippen molar-refractivity contribution in [2.24, 2.45) is 0 Å². The molecule has 212 valence electrons. The van der Waals surface area contributed by atoms with Crippen molar-refractivity contribution in [3.63, 3.8) is 0 Å². The van der Waals surface area contributed by atoms with Crippen LogP contribution in [0.5, 0.6) is 0 Å². The molecule has 0 spiro atoms. The van der Waals surface area contributed by atoms with E-state index < -0.39 is 28.7 Å². The van der Waals surface area contributed by atoms with E-state index in [1.165, 1.54) is 17.9 Å². The van der Waals surface area contributed by atoms with E-state index in [0.29, 0.717) is 30.0 Å². The van der Waals surface area contributed by atoms with Crippen LogP contribution in [-0.4, -0.2) is 44.4 Å². The van der Waals surface area contributed by atoms with Gasteiger partial charge in [-0.25, -0.2) is 4.98 Å². The van der Waals surface area contributed by atoms with Gasteiger partial charge >= 0.3 is 6.18 Å². The van der Waals surface area contributed by atoms with Crippen LogP contribution in [0.2, 0.25) is 5.02 Å². The third-order valence-electron chi connectivity index (χ3n) is 7.31. The first-order valence-corrected chi connectivity index (χ1v) is 13.5. The molecule has 0 bridgehead atoms. The Morgan fingerprint density at radius 3 is 2.41 bits per heavy atom. The number of amides is 2. The normalized spacial score (nSPS) is 21.5. The maximum absolute atomic E-state index is 13.8. The summed E-state index contributed by atoms with van der Waals surface area (Å²) in [5.41, 5.74) is -0.430. The van der Waals surface area contributed by atoms with Gasteiger partial charge in [-0.2, -0.15) is 13.2 Å². The van der Waals surface area contributed by atoms with Gasteiger partial charge in [0.2, 0.25) is 11.9 Å². The van der Waals surface area contributed by atoms with Crippen molar-refractivity contribution in [3.8, 4) is 0 Å². The SMILES string of the molecule is CC(=O)NC1CCC(n2c(NC(C)C)nc3c(c2=O)C[C@@H](C)N(C(=O)c2ccc(Cl)c(C(F)(F)F)c2)C3)CC1. The monoisotopic (exact) mass is 567 g/mol. The van der Waals surface area contributed by atoms with E-state index in [-0.39, 0.29) is 48.1 Å². The summed E-state index contributed by atoms with van der Waals surface area (Å²) in [4.78, 5) is 44.8. The predicted molar refractivity (Wildman–Crippen MR) is 142 cm³/mol. The van der Waals surface area contributed by atoms with Crippen molar-refractivity contribution in [1.29, 1.82) is 0 Å². The highest BCUT2D eigenvalue weighted by Gasteiger charge is 2.37. The molecule has 2 aromatic rings. The Kier molecular flexibility index (Phi) is 8.30. The lowest BCUT2D eigenvalue weighted by Gasteiger charge is -2.36. The molecule has 1 aliphatic carbocycles. The van der Waals surface area contributed by atoms with Gasteiger partial charge in [-0.3, -0.25) is 19.0 Å². The number of carbonyl (C=O) groups is 2. The molecule has 1 fully saturated rings. The second-order valence-electron chi connectivity index (χ2n) is 10.7. The van der Waals surface area contributed by atoms with Crippen molar-refractivity contribution in [2.75, 3.05) is 5.32 Å². The molecular weight excluding hydrogens is 535 g/mol. The second-order valence-corrected chi connectivity index (χ2v) is 11.1. The minimum atomic E-state index is -4.70. The molecule has 39 heavy (non-hydrogen) atoms. The Morgan fingerprint density at radius 2 is 1.82 bits per heavy atom. The van der Waals surface area contributed by atoms with E-state index in [1.807, 2.05) is 13.8 Å². The highest BCUT2D eigenvalue weighted by Crippen LogP contribution is 2.36. The van der Waals surface area contributed by atoms with E-state index >= 15 is 0 Å². The first-order valence-electron chi connectivity index (χ1n) is 13.1. The van der Waals surface area contributed by atoms with Crippen molar-refractivity contribution in [1.82, 2.24) is 19.8 Å². The number of aromatic nitrogens is 2. The molecule has 1 atom stereocenters. The lowest BCUT2D eigenvalue weighted by Crippen LogP contribution is -2.47. The third-order valence-corrected chi connectivity index (χ3v) is 7.64. The minimum Gasteiger partial charge on any atom is -0.354 e. The fourth-order valence-electron chi connectivity index (χ4n) is 5.45. The minimum absolute atomic E-state index is 0.00254. The molecule has 2 N–H and O–H groups in total. The van der Waals surface area contributed by atoms with Gasteiger partial charge in [0.25, 0.3) is 11.5 Å². The van der Waals surface area contributed by atoms with Crippen LogP contribution >= 0.6 is 11.6 Å². The number of halogens is 4. The second kappa shape index (κ2) is 11.2. The maximum atomic E-state index is 13.8. The van der Waals surface area contributed by atoms with Gasteiger partial charge < -0.3 is 15.5 Å². The maximum Gasteiger partial charge on any atom is 0.417 e. The zero-order valence-corrected chi connectivity index (χ0v) is 23.1. The molecule has 2 amide bonds. The molecule has 1 aromatic heterocycles. The van der Waals surface area contributed by atoms with Crippen molar-refractivity contribution >= 4 is 29.4 Å². The number of nitrogens with zero attached hydrogens (tertiary/aromatic N) is 3. The molecular formula is C27H33ClF3N5O3. The zero-order valence-electron chi connectivity index (χ0n) is 22.4. The van der Waals surface area contributed by atoms with Gasteiger partial charge in [-0.1, -0.05) is 11.6 Å². The number of rotatable bonds is 5. The summed E-state index contributed by atoms with van der Waals surface area (Å²) in [6.45, 7) is 7.12. The Hall–Kier alpha value is -3.08. The topological polar surface area (TPSA) is 96.3 Å². The van der Waals surface area contributed by atoms with Crippen LogP contribution < -0.4 is 16.2 Å². The van der Waals surface area contributed by atoms with Gasteiger partial charge in [-0.05, 0) is 71.1 Å². The Morgan fingerprint density at radius 1 is 1.15 bits per heavy atom. The molecule has 0 radical (unpaired) electrons. The fourth-order valence-corrected chi connectivity index (χ4v) is 5.68. The summed E-state index contributed by atoms with van der Waals surface area (Å²) >= 11 is 5.73. The van der Waals surface area contributed by atoms with E-state index in [4.69, 9.17) is 16.6 Å². The molecule has 2 aliphatic rings. The average Bonchev–Trinajstić information content (AvgIpc) is 2.84. The molecule has 1 aromatic carbocycles. The van der Waals surface area contributed by atoms with Crippen LogP contribution in [0.25, 0.3) is 0 Å². The first-order chi connectivity index (χ1) is 18.3. The molecule has 0 unspecified atom stereocenters. The largest absolute Gasteiger partial charge is 0.417 e. The van der Waals surface area contributed by atoms with Crippen LogP contribution in [0.3, 0.4) is 0 Å². The lowest BCUT2D eigenvalue weighted by atomic mass is 9.90. The van der Waals surface area contributed by atoms with Gasteiger partial charge in [0.15, 0.2) is 0 Å². The molecule has 2 heterocycles. The first kappa shape index (κ1) is 28.9. The van der Waals surface area contributed by atoms with Gasteiger partial charge in [-0.15, -0.1) is 0 Å². The lowest BCUT2D eigenvalue weighted by molar-refractivity contribution is -0.137. The quantitative estimate of drug-likeness (QED) is 0.533. The Balaban J connectivity index is 1.66. The summed E-state index contributed by atoms with van der Waals surface area (Å²) in [7, 11) is 0. The van der Waals surface area contributed by atoms with Crippen molar-refractivity contribution in [2.45, 2.75) is 96.7 Å². The third kappa shape index (κ3) is 6.23. The molecule has 0 saturated heterocycles. The summed E-state index contributed by atoms with van der Waals surface area (Å²) in [6.07, 6.45) is -1.56. The zero-order chi connectivity index (χ0) is 28.6. The van der Waals surface area contributed by atoms with Gasteiger partial charge in [0, 0.05) is 42.2 Å². The summed E-state index contributed by atoms with van der Waals surface area (Å²) < 4.78 is 41.9. The van der Waals surface area contributed by atoms with Gasteiger partial charge in [0.1, 0.15) is 0 Å². The highest BCUT2D eigenvalue weighted by molar-refractivity contribution is 6.31. The fraction of sp³-hybridized carbons (Fsp3) is 0.556. The number of carbonyl (C=O) groups excluding carboxylic acids is 2.